The highest BCUT2D eigenvalue weighted by Gasteiger charge is 2.10. The molecule has 0 aliphatic heterocycles. The predicted molar refractivity (Wildman–Crippen MR) is 118 cm³/mol. The zero-order valence-electron chi connectivity index (χ0n) is 16.5. The van der Waals surface area contributed by atoms with Gasteiger partial charge in [-0.1, -0.05) is 30.3 Å². The number of anilines is 1. The Bertz CT molecular complexity index is 1050. The number of likely N-dealkylation sites (N-methyl/N-ethyl adjacent to an activating group) is 1. The van der Waals surface area contributed by atoms with Gasteiger partial charge in [0.2, 0.25) is 5.91 Å². The summed E-state index contributed by atoms with van der Waals surface area (Å²) < 4.78 is 5.27. The predicted octanol–water partition coefficient (Wildman–Crippen LogP) is 4.53. The summed E-state index contributed by atoms with van der Waals surface area (Å²) in [7, 11) is 3.59. The molecule has 29 heavy (non-hydrogen) atoms. The highest BCUT2D eigenvalue weighted by atomic mass is 32.2. The number of hydrogen-bond donors (Lipinski definition) is 1. The van der Waals surface area contributed by atoms with Gasteiger partial charge in [-0.05, 0) is 53.7 Å². The summed E-state index contributed by atoms with van der Waals surface area (Å²) in [6, 6.07) is 21.9. The van der Waals surface area contributed by atoms with Crippen molar-refractivity contribution in [3.8, 4) is 11.8 Å². The van der Waals surface area contributed by atoms with Gasteiger partial charge in [0.15, 0.2) is 0 Å². The number of carbonyl (C=O) groups is 1. The number of amides is 1. The Morgan fingerprint density at radius 3 is 2.69 bits per heavy atom. The Labute approximate surface area is 175 Å². The van der Waals surface area contributed by atoms with E-state index in [2.05, 4.69) is 29.6 Å². The number of carbonyl (C=O) groups excluding carboxylic acids is 1. The summed E-state index contributed by atoms with van der Waals surface area (Å²) in [5.74, 6) is 1.11. The first-order chi connectivity index (χ1) is 14.1. The third-order valence-corrected chi connectivity index (χ3v) is 5.37. The van der Waals surface area contributed by atoms with Gasteiger partial charge >= 0.3 is 0 Å². The third kappa shape index (κ3) is 5.74. The largest absolute Gasteiger partial charge is 0.497 e. The van der Waals surface area contributed by atoms with E-state index in [0.29, 0.717) is 12.3 Å². The van der Waals surface area contributed by atoms with Gasteiger partial charge in [0.05, 0.1) is 31.2 Å². The van der Waals surface area contributed by atoms with Crippen molar-refractivity contribution in [2.45, 2.75) is 11.4 Å². The Morgan fingerprint density at radius 2 is 1.90 bits per heavy atom. The molecular weight excluding hydrogens is 382 g/mol. The van der Waals surface area contributed by atoms with Crippen LogP contribution < -0.4 is 10.1 Å². The van der Waals surface area contributed by atoms with E-state index in [1.165, 1.54) is 11.8 Å². The number of para-hydroxylation sites is 1. The molecule has 0 aromatic heterocycles. The minimum absolute atomic E-state index is 0.0805. The van der Waals surface area contributed by atoms with Gasteiger partial charge in [0.25, 0.3) is 0 Å². The van der Waals surface area contributed by atoms with E-state index in [4.69, 9.17) is 10.00 Å². The van der Waals surface area contributed by atoms with Crippen LogP contribution in [0, 0.1) is 11.3 Å². The van der Waals surface area contributed by atoms with Gasteiger partial charge in [-0.15, -0.1) is 11.8 Å². The topological polar surface area (TPSA) is 65.4 Å². The summed E-state index contributed by atoms with van der Waals surface area (Å²) in [5.41, 5.74) is 1.88. The molecule has 6 heteroatoms. The number of nitriles is 1. The summed E-state index contributed by atoms with van der Waals surface area (Å²) in [6.07, 6.45) is 0. The molecule has 0 atom stereocenters. The summed E-state index contributed by atoms with van der Waals surface area (Å²) in [6.45, 7) is 0.943. The minimum Gasteiger partial charge on any atom is -0.497 e. The number of nitrogens with zero attached hydrogens (tertiary/aromatic N) is 2. The van der Waals surface area contributed by atoms with Crippen molar-refractivity contribution >= 4 is 34.1 Å². The van der Waals surface area contributed by atoms with Gasteiger partial charge in [0, 0.05) is 11.4 Å². The lowest BCUT2D eigenvalue weighted by atomic mass is 10.1. The van der Waals surface area contributed by atoms with Gasteiger partial charge in [-0.2, -0.15) is 5.26 Å². The molecule has 3 rings (SSSR count). The number of hydrogen-bond acceptors (Lipinski definition) is 5. The van der Waals surface area contributed by atoms with E-state index >= 15 is 0 Å². The standard InChI is InChI=1S/C23H23N3O2S/c1-26(15-17-7-8-19-14-20(28-2)10-9-18(19)13-17)16-23(27)25-21-5-3-4-6-22(21)29-12-11-24/h3-10,13-14H,12,15-16H2,1-2H3,(H,25,27). The molecule has 1 N–H and O–H groups in total. The number of fused-ring (bicyclic) bond motifs is 1. The van der Waals surface area contributed by atoms with Crippen molar-refractivity contribution in [2.24, 2.45) is 0 Å². The summed E-state index contributed by atoms with van der Waals surface area (Å²) in [5, 5.41) is 14.0. The Hall–Kier alpha value is -3.01. The highest BCUT2D eigenvalue weighted by molar-refractivity contribution is 7.99. The third-order valence-electron chi connectivity index (χ3n) is 4.43. The van der Waals surface area contributed by atoms with Crippen molar-refractivity contribution in [3.63, 3.8) is 0 Å². The maximum atomic E-state index is 12.5. The highest BCUT2D eigenvalue weighted by Crippen LogP contribution is 2.26. The Kier molecular flexibility index (Phi) is 7.12. The van der Waals surface area contributed by atoms with Crippen molar-refractivity contribution in [1.82, 2.24) is 4.90 Å². The molecule has 3 aromatic rings. The van der Waals surface area contributed by atoms with Crippen molar-refractivity contribution in [2.75, 3.05) is 31.8 Å². The van der Waals surface area contributed by atoms with Crippen LogP contribution in [0.5, 0.6) is 5.75 Å². The molecule has 5 nitrogen and oxygen atoms in total. The minimum atomic E-state index is -0.0805. The van der Waals surface area contributed by atoms with Crippen LogP contribution in [0.15, 0.2) is 65.6 Å². The SMILES string of the molecule is COc1ccc2cc(CN(C)CC(=O)Nc3ccccc3SCC#N)ccc2c1. The first-order valence-electron chi connectivity index (χ1n) is 9.23. The molecule has 0 aliphatic rings. The quantitative estimate of drug-likeness (QED) is 0.558. The van der Waals surface area contributed by atoms with E-state index < -0.39 is 0 Å². The fraction of sp³-hybridized carbons (Fsp3) is 0.217. The van der Waals surface area contributed by atoms with Gasteiger partial charge in [-0.25, -0.2) is 0 Å². The number of thioether (sulfide) groups is 1. The molecule has 148 valence electrons. The molecule has 3 aromatic carbocycles. The summed E-state index contributed by atoms with van der Waals surface area (Å²) in [4.78, 5) is 15.4. The van der Waals surface area contributed by atoms with Crippen LogP contribution in [0.3, 0.4) is 0 Å². The number of ether oxygens (including phenoxy) is 1. The van der Waals surface area contributed by atoms with Crippen molar-refractivity contribution in [3.05, 3.63) is 66.2 Å². The zero-order chi connectivity index (χ0) is 20.6. The lowest BCUT2D eigenvalue weighted by Crippen LogP contribution is -2.30. The van der Waals surface area contributed by atoms with Crippen LogP contribution in [0.1, 0.15) is 5.56 Å². The maximum Gasteiger partial charge on any atom is 0.238 e. The monoisotopic (exact) mass is 405 g/mol. The van der Waals surface area contributed by atoms with Gasteiger partial charge in [-0.3, -0.25) is 9.69 Å². The second kappa shape index (κ2) is 9.97. The molecule has 0 aliphatic carbocycles. The average molecular weight is 406 g/mol. The number of rotatable bonds is 8. The second-order valence-corrected chi connectivity index (χ2v) is 7.73. The molecule has 0 saturated carbocycles. The molecule has 0 unspecified atom stereocenters. The molecule has 0 heterocycles. The normalized spacial score (nSPS) is 10.7. The first kappa shape index (κ1) is 20.7. The van der Waals surface area contributed by atoms with Crippen LogP contribution in [-0.4, -0.2) is 37.3 Å². The smallest absolute Gasteiger partial charge is 0.238 e. The van der Waals surface area contributed by atoms with Crippen LogP contribution in [0.4, 0.5) is 5.69 Å². The lowest BCUT2D eigenvalue weighted by molar-refractivity contribution is -0.117. The van der Waals surface area contributed by atoms with E-state index in [1.807, 2.05) is 54.4 Å². The van der Waals surface area contributed by atoms with Crippen molar-refractivity contribution in [1.29, 1.82) is 5.26 Å². The second-order valence-electron chi connectivity index (χ2n) is 6.71. The fourth-order valence-electron chi connectivity index (χ4n) is 3.11. The molecule has 0 fully saturated rings. The van der Waals surface area contributed by atoms with Crippen molar-refractivity contribution < 1.29 is 9.53 Å². The van der Waals surface area contributed by atoms with Crippen LogP contribution in [0.2, 0.25) is 0 Å². The van der Waals surface area contributed by atoms with Gasteiger partial charge in [0.1, 0.15) is 5.75 Å². The summed E-state index contributed by atoms with van der Waals surface area (Å²) >= 11 is 1.42. The van der Waals surface area contributed by atoms with Crippen LogP contribution >= 0.6 is 11.8 Å². The number of benzene rings is 3. The maximum absolute atomic E-state index is 12.5. The fourth-order valence-corrected chi connectivity index (χ4v) is 3.78. The van der Waals surface area contributed by atoms with Gasteiger partial charge < -0.3 is 10.1 Å². The Balaban J connectivity index is 1.60. The van der Waals surface area contributed by atoms with E-state index in [9.17, 15) is 4.79 Å². The number of methoxy groups -OCH3 is 1. The van der Waals surface area contributed by atoms with E-state index in [-0.39, 0.29) is 12.5 Å². The van der Waals surface area contributed by atoms with Crippen LogP contribution in [-0.2, 0) is 11.3 Å². The molecule has 0 spiro atoms. The molecule has 1 amide bonds. The number of nitrogens with one attached hydrogen (secondary N) is 1. The Morgan fingerprint density at radius 1 is 1.14 bits per heavy atom. The lowest BCUT2D eigenvalue weighted by Gasteiger charge is -2.17. The molecule has 0 radical (unpaired) electrons. The molecular formula is C23H23N3O2S. The average Bonchev–Trinajstić information content (AvgIpc) is 2.72. The van der Waals surface area contributed by atoms with E-state index in [1.54, 1.807) is 7.11 Å². The first-order valence-corrected chi connectivity index (χ1v) is 10.2. The zero-order valence-corrected chi connectivity index (χ0v) is 17.3. The molecule has 0 saturated heterocycles. The van der Waals surface area contributed by atoms with Crippen LogP contribution in [0.25, 0.3) is 10.8 Å². The molecule has 0 bridgehead atoms. The van der Waals surface area contributed by atoms with E-state index in [0.717, 1.165) is 32.7 Å².